The molecule has 2 atom stereocenters. The minimum atomic E-state index is -4.17. The van der Waals surface area contributed by atoms with Crippen molar-refractivity contribution in [2.24, 2.45) is 16.8 Å². The van der Waals surface area contributed by atoms with Gasteiger partial charge in [0.1, 0.15) is 4.92 Å². The van der Waals surface area contributed by atoms with Crippen LogP contribution in [0.2, 0.25) is 0 Å². The van der Waals surface area contributed by atoms with E-state index in [0.29, 0.717) is 13.2 Å². The van der Waals surface area contributed by atoms with Crippen molar-refractivity contribution in [1.82, 2.24) is 5.32 Å². The van der Waals surface area contributed by atoms with Gasteiger partial charge in [-0.1, -0.05) is 6.92 Å². The lowest BCUT2D eigenvalue weighted by Gasteiger charge is -2.14. The van der Waals surface area contributed by atoms with Crippen molar-refractivity contribution in [3.05, 3.63) is 10.1 Å². The number of halogens is 2. The van der Waals surface area contributed by atoms with Crippen molar-refractivity contribution in [2.45, 2.75) is 19.9 Å². The molecule has 2 unspecified atom stereocenters. The summed E-state index contributed by atoms with van der Waals surface area (Å²) in [6.07, 6.45) is 0. The highest BCUT2D eigenvalue weighted by molar-refractivity contribution is 5.87. The van der Waals surface area contributed by atoms with E-state index in [9.17, 15) is 18.9 Å². The lowest BCUT2D eigenvalue weighted by Crippen LogP contribution is -2.46. The van der Waals surface area contributed by atoms with Gasteiger partial charge in [0.05, 0.1) is 6.61 Å². The van der Waals surface area contributed by atoms with E-state index >= 15 is 0 Å². The zero-order valence-electron chi connectivity index (χ0n) is 10.4. The molecule has 0 amide bonds. The van der Waals surface area contributed by atoms with Crippen LogP contribution < -0.4 is 5.32 Å². The first-order valence-electron chi connectivity index (χ1n) is 5.78. The van der Waals surface area contributed by atoms with Gasteiger partial charge in [-0.2, -0.15) is 0 Å². The van der Waals surface area contributed by atoms with Crippen LogP contribution in [-0.2, 0) is 4.74 Å². The molecular weight excluding hydrogens is 248 g/mol. The number of alkyl halides is 2. The van der Waals surface area contributed by atoms with Crippen LogP contribution >= 0.6 is 0 Å². The fourth-order valence-corrected chi connectivity index (χ4v) is 1.66. The quantitative estimate of drug-likeness (QED) is 0.266. The normalized spacial score (nSPS) is 25.2. The van der Waals surface area contributed by atoms with E-state index in [1.54, 1.807) is 6.92 Å². The lowest BCUT2D eigenvalue weighted by atomic mass is 9.98. The standard InChI is InChI=1S/C10H17F2N3O3/c1-3-13-9(10(11,12)15(16)17)14-4-8-6-18-5-7(8)2/h7-8H,3-6H2,1-2H3,(H,13,14). The Morgan fingerprint density at radius 2 is 2.28 bits per heavy atom. The minimum absolute atomic E-state index is 0.0289. The molecule has 6 nitrogen and oxygen atoms in total. The van der Waals surface area contributed by atoms with Gasteiger partial charge < -0.3 is 10.1 Å². The van der Waals surface area contributed by atoms with Gasteiger partial charge in [-0.15, -0.1) is 8.78 Å². The fraction of sp³-hybridized carbons (Fsp3) is 0.900. The topological polar surface area (TPSA) is 76.8 Å². The smallest absolute Gasteiger partial charge is 0.381 e. The first-order chi connectivity index (χ1) is 8.39. The maximum atomic E-state index is 13.2. The van der Waals surface area contributed by atoms with Gasteiger partial charge in [0.15, 0.2) is 0 Å². The molecule has 1 aliphatic heterocycles. The molecule has 0 aromatic carbocycles. The zero-order chi connectivity index (χ0) is 13.8. The first kappa shape index (κ1) is 14.7. The van der Waals surface area contributed by atoms with Crippen molar-refractivity contribution < 1.29 is 18.4 Å². The number of ether oxygens (including phenoxy) is 1. The number of aliphatic imine (C=N–C) groups is 1. The lowest BCUT2D eigenvalue weighted by molar-refractivity contribution is -0.617. The number of amidine groups is 1. The highest BCUT2D eigenvalue weighted by Crippen LogP contribution is 2.21. The third kappa shape index (κ3) is 3.34. The van der Waals surface area contributed by atoms with Gasteiger partial charge in [-0.25, -0.2) is 0 Å². The van der Waals surface area contributed by atoms with Crippen LogP contribution in [-0.4, -0.2) is 43.1 Å². The summed E-state index contributed by atoms with van der Waals surface area (Å²) in [6, 6.07) is -4.17. The number of nitro groups is 1. The van der Waals surface area contributed by atoms with Crippen molar-refractivity contribution >= 4 is 5.84 Å². The number of nitrogens with zero attached hydrogens (tertiary/aromatic N) is 2. The van der Waals surface area contributed by atoms with Gasteiger partial charge in [0.2, 0.25) is 0 Å². The Morgan fingerprint density at radius 1 is 1.61 bits per heavy atom. The van der Waals surface area contributed by atoms with Crippen LogP contribution in [0.4, 0.5) is 8.78 Å². The highest BCUT2D eigenvalue weighted by Gasteiger charge is 2.50. The molecule has 0 saturated carbocycles. The maximum absolute atomic E-state index is 13.2. The molecule has 1 N–H and O–H groups in total. The number of likely N-dealkylation sites (N-methyl/N-ethyl adjacent to an activating group) is 1. The van der Waals surface area contributed by atoms with Crippen molar-refractivity contribution in [3.63, 3.8) is 0 Å². The molecule has 0 aliphatic carbocycles. The van der Waals surface area contributed by atoms with E-state index in [1.165, 1.54) is 0 Å². The van der Waals surface area contributed by atoms with E-state index in [0.717, 1.165) is 0 Å². The molecule has 1 heterocycles. The summed E-state index contributed by atoms with van der Waals surface area (Å²) >= 11 is 0. The zero-order valence-corrected chi connectivity index (χ0v) is 10.4. The van der Waals surface area contributed by atoms with E-state index < -0.39 is 16.8 Å². The fourth-order valence-electron chi connectivity index (χ4n) is 1.66. The number of hydrogen-bond donors (Lipinski definition) is 1. The molecule has 0 aromatic heterocycles. The van der Waals surface area contributed by atoms with Crippen LogP contribution in [0.1, 0.15) is 13.8 Å². The minimum Gasteiger partial charge on any atom is -0.381 e. The summed E-state index contributed by atoms with van der Waals surface area (Å²) in [5.74, 6) is -0.629. The molecule has 104 valence electrons. The van der Waals surface area contributed by atoms with E-state index in [-0.39, 0.29) is 24.9 Å². The largest absolute Gasteiger partial charge is 0.571 e. The molecule has 8 heteroatoms. The Kier molecular flexibility index (Phi) is 4.94. The van der Waals surface area contributed by atoms with Crippen LogP contribution in [0.5, 0.6) is 0 Å². The Bertz CT molecular complexity index is 336. The number of hydrogen-bond acceptors (Lipinski definition) is 4. The Balaban J connectivity index is 2.74. The highest BCUT2D eigenvalue weighted by atomic mass is 19.3. The second-order valence-corrected chi connectivity index (χ2v) is 4.29. The van der Waals surface area contributed by atoms with Crippen LogP contribution in [0.25, 0.3) is 0 Å². The SMILES string of the molecule is CCNC(=NCC1COCC1C)C(F)(F)[N+](=O)[O-]. The molecular formula is C10H17F2N3O3. The summed E-state index contributed by atoms with van der Waals surface area (Å²) in [5.41, 5.74) is 0. The second-order valence-electron chi connectivity index (χ2n) is 4.29. The summed E-state index contributed by atoms with van der Waals surface area (Å²) < 4.78 is 31.7. The van der Waals surface area contributed by atoms with Crippen LogP contribution in [0, 0.1) is 22.0 Å². The molecule has 0 radical (unpaired) electrons. The Hall–Kier alpha value is -1.31. The van der Waals surface area contributed by atoms with Crippen molar-refractivity contribution in [1.29, 1.82) is 0 Å². The first-order valence-corrected chi connectivity index (χ1v) is 5.78. The molecule has 1 fully saturated rings. The third-order valence-corrected chi connectivity index (χ3v) is 2.86. The van der Waals surface area contributed by atoms with Gasteiger partial charge in [-0.3, -0.25) is 15.1 Å². The molecule has 0 spiro atoms. The summed E-state index contributed by atoms with van der Waals surface area (Å²) in [5, 5.41) is 12.6. The van der Waals surface area contributed by atoms with Gasteiger partial charge in [-0.05, 0) is 12.8 Å². The predicted octanol–water partition coefficient (Wildman–Crippen LogP) is 1.15. The second kappa shape index (κ2) is 6.03. The molecule has 0 bridgehead atoms. The van der Waals surface area contributed by atoms with Crippen molar-refractivity contribution in [2.75, 3.05) is 26.3 Å². The molecule has 18 heavy (non-hydrogen) atoms. The summed E-state index contributed by atoms with van der Waals surface area (Å²) in [6.45, 7) is 4.79. The molecule has 0 aromatic rings. The van der Waals surface area contributed by atoms with Gasteiger partial charge >= 0.3 is 6.05 Å². The average Bonchev–Trinajstić information content (AvgIpc) is 2.69. The molecule has 1 rings (SSSR count). The molecule has 1 aliphatic rings. The molecule has 1 saturated heterocycles. The maximum Gasteiger partial charge on any atom is 0.571 e. The van der Waals surface area contributed by atoms with Gasteiger partial charge in [0, 0.05) is 25.6 Å². The predicted molar refractivity (Wildman–Crippen MR) is 61.4 cm³/mol. The van der Waals surface area contributed by atoms with E-state index in [2.05, 4.69) is 10.3 Å². The Morgan fingerprint density at radius 3 is 2.72 bits per heavy atom. The number of rotatable bonds is 5. The van der Waals surface area contributed by atoms with Crippen LogP contribution in [0.3, 0.4) is 0 Å². The summed E-state index contributed by atoms with van der Waals surface area (Å²) in [7, 11) is 0. The number of nitrogens with one attached hydrogen (secondary N) is 1. The monoisotopic (exact) mass is 265 g/mol. The van der Waals surface area contributed by atoms with Crippen molar-refractivity contribution in [3.8, 4) is 0 Å². The van der Waals surface area contributed by atoms with E-state index in [4.69, 9.17) is 4.74 Å². The summed E-state index contributed by atoms with van der Waals surface area (Å²) in [4.78, 5) is 12.3. The van der Waals surface area contributed by atoms with Gasteiger partial charge in [0.25, 0.3) is 5.84 Å². The van der Waals surface area contributed by atoms with E-state index in [1.807, 2.05) is 6.92 Å². The van der Waals surface area contributed by atoms with Crippen LogP contribution in [0.15, 0.2) is 4.99 Å². The average molecular weight is 265 g/mol. The third-order valence-electron chi connectivity index (χ3n) is 2.86. The Labute approximate surface area is 104 Å².